The molecule has 0 unspecified atom stereocenters. The van der Waals surface area contributed by atoms with Crippen molar-refractivity contribution in [2.24, 2.45) is 10.7 Å². The molecule has 0 aromatic heterocycles. The first-order valence-electron chi connectivity index (χ1n) is 8.08. The Morgan fingerprint density at radius 3 is 2.96 bits per heavy atom. The number of nitrogens with one attached hydrogen (secondary N) is 1. The molecule has 1 aliphatic heterocycles. The summed E-state index contributed by atoms with van der Waals surface area (Å²) in [6.07, 6.45) is 2.36. The van der Waals surface area contributed by atoms with E-state index in [-0.39, 0.29) is 0 Å². The Labute approximate surface area is 138 Å². The molecule has 0 amide bonds. The van der Waals surface area contributed by atoms with Crippen LogP contribution in [0.3, 0.4) is 0 Å². The lowest BCUT2D eigenvalue weighted by molar-refractivity contribution is 0.743. The van der Waals surface area contributed by atoms with Crippen LogP contribution in [0.2, 0.25) is 0 Å². The number of rotatable bonds is 3. The lowest BCUT2D eigenvalue weighted by atomic mass is 10.00. The molecule has 0 spiro atoms. The summed E-state index contributed by atoms with van der Waals surface area (Å²) in [7, 11) is 2.15. The molecule has 3 rings (SSSR count). The van der Waals surface area contributed by atoms with Crippen LogP contribution in [0.1, 0.15) is 23.1 Å². The molecular weight excluding hydrogens is 284 g/mol. The van der Waals surface area contributed by atoms with Gasteiger partial charge in [0.2, 0.25) is 0 Å². The lowest BCUT2D eigenvalue weighted by Gasteiger charge is -2.27. The highest BCUT2D eigenvalue weighted by Gasteiger charge is 2.13. The summed E-state index contributed by atoms with van der Waals surface area (Å²) in [5, 5.41) is 3.14. The first kappa shape index (κ1) is 15.4. The maximum atomic E-state index is 5.99. The van der Waals surface area contributed by atoms with Gasteiger partial charge in [0.15, 0.2) is 5.96 Å². The molecule has 0 fully saturated rings. The number of fused-ring (bicyclic) bond motifs is 1. The summed E-state index contributed by atoms with van der Waals surface area (Å²) >= 11 is 0. The van der Waals surface area contributed by atoms with E-state index in [0.717, 1.165) is 18.7 Å². The highest BCUT2D eigenvalue weighted by atomic mass is 15.1. The predicted octanol–water partition coefficient (Wildman–Crippen LogP) is 3.30. The molecule has 23 heavy (non-hydrogen) atoms. The molecule has 120 valence electrons. The van der Waals surface area contributed by atoms with Crippen molar-refractivity contribution in [2.45, 2.75) is 26.3 Å². The molecule has 0 radical (unpaired) electrons. The summed E-state index contributed by atoms with van der Waals surface area (Å²) in [4.78, 5) is 6.78. The highest BCUT2D eigenvalue weighted by molar-refractivity contribution is 5.92. The van der Waals surface area contributed by atoms with Crippen molar-refractivity contribution in [1.29, 1.82) is 0 Å². The highest BCUT2D eigenvalue weighted by Crippen LogP contribution is 2.26. The second-order valence-corrected chi connectivity index (χ2v) is 6.18. The molecule has 0 saturated heterocycles. The zero-order valence-electron chi connectivity index (χ0n) is 13.8. The van der Waals surface area contributed by atoms with Crippen molar-refractivity contribution in [3.05, 3.63) is 59.2 Å². The normalized spacial score (nSPS) is 14.5. The van der Waals surface area contributed by atoms with E-state index in [9.17, 15) is 0 Å². The van der Waals surface area contributed by atoms with Crippen LogP contribution in [0.4, 0.5) is 11.4 Å². The van der Waals surface area contributed by atoms with Gasteiger partial charge in [0, 0.05) is 25.0 Å². The number of guanidine groups is 1. The van der Waals surface area contributed by atoms with E-state index in [1.807, 2.05) is 12.1 Å². The van der Waals surface area contributed by atoms with Crippen LogP contribution in [0, 0.1) is 6.92 Å². The van der Waals surface area contributed by atoms with Gasteiger partial charge >= 0.3 is 0 Å². The lowest BCUT2D eigenvalue weighted by Crippen LogP contribution is -2.24. The van der Waals surface area contributed by atoms with Crippen molar-refractivity contribution in [3.8, 4) is 0 Å². The Morgan fingerprint density at radius 1 is 1.26 bits per heavy atom. The Balaban J connectivity index is 1.67. The van der Waals surface area contributed by atoms with E-state index in [1.165, 1.54) is 28.8 Å². The van der Waals surface area contributed by atoms with E-state index >= 15 is 0 Å². The smallest absolute Gasteiger partial charge is 0.193 e. The average molecular weight is 308 g/mol. The van der Waals surface area contributed by atoms with Gasteiger partial charge in [-0.1, -0.05) is 24.3 Å². The average Bonchev–Trinajstić information content (AvgIpc) is 2.53. The van der Waals surface area contributed by atoms with Crippen LogP contribution in [-0.4, -0.2) is 19.6 Å². The molecule has 2 aromatic rings. The van der Waals surface area contributed by atoms with Crippen LogP contribution in [-0.2, 0) is 13.0 Å². The summed E-state index contributed by atoms with van der Waals surface area (Å²) in [6.45, 7) is 3.79. The van der Waals surface area contributed by atoms with E-state index in [1.54, 1.807) is 0 Å². The third-order valence-electron chi connectivity index (χ3n) is 4.22. The minimum atomic E-state index is 0.449. The van der Waals surface area contributed by atoms with E-state index < -0.39 is 0 Å². The van der Waals surface area contributed by atoms with Crippen molar-refractivity contribution < 1.29 is 0 Å². The SMILES string of the molecule is Cc1cccc(NC(N)=NCc2ccc3c(c2)CCCN3C)c1. The summed E-state index contributed by atoms with van der Waals surface area (Å²) in [5.74, 6) is 0.449. The van der Waals surface area contributed by atoms with Gasteiger partial charge in [0.25, 0.3) is 0 Å². The van der Waals surface area contributed by atoms with Gasteiger partial charge in [0.1, 0.15) is 0 Å². The molecule has 2 aromatic carbocycles. The number of aryl methyl sites for hydroxylation is 2. The van der Waals surface area contributed by atoms with E-state index in [4.69, 9.17) is 5.73 Å². The van der Waals surface area contributed by atoms with Crippen LogP contribution >= 0.6 is 0 Å². The number of benzene rings is 2. The molecule has 1 aliphatic rings. The van der Waals surface area contributed by atoms with Crippen molar-refractivity contribution in [3.63, 3.8) is 0 Å². The van der Waals surface area contributed by atoms with Crippen LogP contribution in [0.15, 0.2) is 47.5 Å². The fraction of sp³-hybridized carbons (Fsp3) is 0.316. The number of aliphatic imine (C=N–C) groups is 1. The second-order valence-electron chi connectivity index (χ2n) is 6.18. The molecule has 0 aliphatic carbocycles. The standard InChI is InChI=1S/C19H24N4/c1-14-5-3-7-17(11-14)22-19(20)21-13-15-8-9-18-16(12-15)6-4-10-23(18)2/h3,5,7-9,11-12H,4,6,10,13H2,1-2H3,(H3,20,21,22). The minimum absolute atomic E-state index is 0.449. The van der Waals surface area contributed by atoms with Gasteiger partial charge in [-0.3, -0.25) is 0 Å². The number of nitrogens with zero attached hydrogens (tertiary/aromatic N) is 2. The molecule has 4 nitrogen and oxygen atoms in total. The minimum Gasteiger partial charge on any atom is -0.374 e. The molecule has 3 N–H and O–H groups in total. The summed E-state index contributed by atoms with van der Waals surface area (Å²) < 4.78 is 0. The Morgan fingerprint density at radius 2 is 2.13 bits per heavy atom. The van der Waals surface area contributed by atoms with Crippen LogP contribution in [0.5, 0.6) is 0 Å². The number of hydrogen-bond acceptors (Lipinski definition) is 2. The Hall–Kier alpha value is -2.49. The van der Waals surface area contributed by atoms with Gasteiger partial charge < -0.3 is 16.0 Å². The number of hydrogen-bond donors (Lipinski definition) is 2. The fourth-order valence-corrected chi connectivity index (χ4v) is 3.02. The van der Waals surface area contributed by atoms with E-state index in [2.05, 4.69) is 59.5 Å². The first-order valence-corrected chi connectivity index (χ1v) is 8.08. The molecule has 1 heterocycles. The maximum absolute atomic E-state index is 5.99. The van der Waals surface area contributed by atoms with Gasteiger partial charge in [-0.05, 0) is 54.7 Å². The molecule has 0 bridgehead atoms. The molecule has 4 heteroatoms. The van der Waals surface area contributed by atoms with Gasteiger partial charge in [-0.15, -0.1) is 0 Å². The molecule has 0 saturated carbocycles. The van der Waals surface area contributed by atoms with Crippen molar-refractivity contribution >= 4 is 17.3 Å². The predicted molar refractivity (Wildman–Crippen MR) is 98.2 cm³/mol. The van der Waals surface area contributed by atoms with Crippen molar-refractivity contribution in [2.75, 3.05) is 23.8 Å². The monoisotopic (exact) mass is 308 g/mol. The third-order valence-corrected chi connectivity index (χ3v) is 4.22. The molecular formula is C19H24N4. The third kappa shape index (κ3) is 3.83. The summed E-state index contributed by atoms with van der Waals surface area (Å²) in [5.41, 5.74) is 12.1. The number of anilines is 2. The molecule has 0 atom stereocenters. The first-order chi connectivity index (χ1) is 11.1. The topological polar surface area (TPSA) is 53.6 Å². The Bertz CT molecular complexity index is 721. The van der Waals surface area contributed by atoms with Crippen molar-refractivity contribution in [1.82, 2.24) is 0 Å². The summed E-state index contributed by atoms with van der Waals surface area (Å²) in [6, 6.07) is 14.7. The van der Waals surface area contributed by atoms with E-state index in [0.29, 0.717) is 12.5 Å². The van der Waals surface area contributed by atoms with Gasteiger partial charge in [-0.2, -0.15) is 0 Å². The zero-order chi connectivity index (χ0) is 16.2. The second kappa shape index (κ2) is 6.73. The quantitative estimate of drug-likeness (QED) is 0.675. The Kier molecular flexibility index (Phi) is 4.51. The fourth-order valence-electron chi connectivity index (χ4n) is 3.02. The van der Waals surface area contributed by atoms with Gasteiger partial charge in [-0.25, -0.2) is 4.99 Å². The number of nitrogens with two attached hydrogens (primary N) is 1. The van der Waals surface area contributed by atoms with Crippen LogP contribution in [0.25, 0.3) is 0 Å². The van der Waals surface area contributed by atoms with Gasteiger partial charge in [0.05, 0.1) is 6.54 Å². The largest absolute Gasteiger partial charge is 0.374 e. The van der Waals surface area contributed by atoms with Crippen LogP contribution < -0.4 is 16.0 Å². The maximum Gasteiger partial charge on any atom is 0.193 e. The zero-order valence-corrected chi connectivity index (χ0v) is 13.8.